The van der Waals surface area contributed by atoms with E-state index in [9.17, 15) is 18.0 Å². The van der Waals surface area contributed by atoms with E-state index in [0.29, 0.717) is 6.54 Å². The van der Waals surface area contributed by atoms with Crippen LogP contribution in [0.25, 0.3) is 0 Å². The van der Waals surface area contributed by atoms with Crippen molar-refractivity contribution in [3.05, 3.63) is 0 Å². The van der Waals surface area contributed by atoms with Gasteiger partial charge in [0.1, 0.15) is 0 Å². The highest BCUT2D eigenvalue weighted by molar-refractivity contribution is 7.86. The van der Waals surface area contributed by atoms with Gasteiger partial charge in [-0.3, -0.25) is 9.59 Å². The molecule has 8 nitrogen and oxygen atoms in total. The molecule has 118 valence electrons. The Hall–Kier alpha value is -1.19. The van der Waals surface area contributed by atoms with E-state index in [4.69, 9.17) is 5.11 Å². The SMILES string of the molecule is CC(C)CNC(=O)CN(C)S(=O)(=O)N(C)CCC(=O)O. The van der Waals surface area contributed by atoms with Crippen molar-refractivity contribution in [2.24, 2.45) is 5.92 Å². The molecular weight excluding hydrogens is 286 g/mol. The number of carboxylic acid groups (broad SMARTS) is 1. The summed E-state index contributed by atoms with van der Waals surface area (Å²) in [5, 5.41) is 11.2. The Morgan fingerprint density at radius 2 is 1.75 bits per heavy atom. The van der Waals surface area contributed by atoms with E-state index >= 15 is 0 Å². The molecule has 20 heavy (non-hydrogen) atoms. The summed E-state index contributed by atoms with van der Waals surface area (Å²) in [7, 11) is -1.27. The first-order valence-electron chi connectivity index (χ1n) is 6.23. The topological polar surface area (TPSA) is 107 Å². The van der Waals surface area contributed by atoms with Crippen LogP contribution in [0.5, 0.6) is 0 Å². The smallest absolute Gasteiger partial charge is 0.304 e. The summed E-state index contributed by atoms with van der Waals surface area (Å²) < 4.78 is 25.8. The van der Waals surface area contributed by atoms with Gasteiger partial charge in [-0.15, -0.1) is 0 Å². The number of aliphatic carboxylic acids is 1. The summed E-state index contributed by atoms with van der Waals surface area (Å²) in [5.74, 6) is -1.19. The summed E-state index contributed by atoms with van der Waals surface area (Å²) in [6, 6.07) is 0. The molecule has 0 bridgehead atoms. The first-order valence-corrected chi connectivity index (χ1v) is 7.63. The number of hydrogen-bond acceptors (Lipinski definition) is 4. The normalized spacial score (nSPS) is 12.2. The zero-order valence-electron chi connectivity index (χ0n) is 12.3. The van der Waals surface area contributed by atoms with Gasteiger partial charge in [-0.2, -0.15) is 17.0 Å². The third-order valence-electron chi connectivity index (χ3n) is 2.50. The lowest BCUT2D eigenvalue weighted by Crippen LogP contribution is -2.45. The van der Waals surface area contributed by atoms with Crippen molar-refractivity contribution >= 4 is 22.1 Å². The molecule has 0 atom stereocenters. The number of carbonyl (C=O) groups is 2. The van der Waals surface area contributed by atoms with Gasteiger partial charge in [-0.25, -0.2) is 0 Å². The van der Waals surface area contributed by atoms with Crippen molar-refractivity contribution in [3.8, 4) is 0 Å². The average molecular weight is 309 g/mol. The fraction of sp³-hybridized carbons (Fsp3) is 0.818. The molecule has 0 saturated heterocycles. The maximum atomic E-state index is 12.0. The van der Waals surface area contributed by atoms with Crippen LogP contribution in [0.4, 0.5) is 0 Å². The van der Waals surface area contributed by atoms with Crippen LogP contribution in [0.2, 0.25) is 0 Å². The van der Waals surface area contributed by atoms with Gasteiger partial charge in [-0.05, 0) is 5.92 Å². The molecule has 0 aromatic heterocycles. The van der Waals surface area contributed by atoms with E-state index in [1.807, 2.05) is 13.8 Å². The van der Waals surface area contributed by atoms with Crippen LogP contribution in [0, 0.1) is 5.92 Å². The molecule has 1 amide bonds. The van der Waals surface area contributed by atoms with Crippen molar-refractivity contribution < 1.29 is 23.1 Å². The summed E-state index contributed by atoms with van der Waals surface area (Å²) in [6.07, 6.45) is -0.289. The fourth-order valence-electron chi connectivity index (χ4n) is 1.26. The molecule has 0 aliphatic heterocycles. The Morgan fingerprint density at radius 3 is 2.20 bits per heavy atom. The number of likely N-dealkylation sites (N-methyl/N-ethyl adjacent to an activating group) is 1. The molecule has 0 radical (unpaired) electrons. The van der Waals surface area contributed by atoms with Gasteiger partial charge in [0.25, 0.3) is 10.2 Å². The molecule has 0 spiro atoms. The number of rotatable bonds is 9. The highest BCUT2D eigenvalue weighted by Crippen LogP contribution is 2.04. The van der Waals surface area contributed by atoms with Crippen LogP contribution in [-0.2, 0) is 19.8 Å². The standard InChI is InChI=1S/C11H23N3O5S/c1-9(2)7-12-10(15)8-14(4)20(18,19)13(3)6-5-11(16)17/h9H,5-8H2,1-4H3,(H,12,15)(H,16,17). The van der Waals surface area contributed by atoms with Crippen LogP contribution >= 0.6 is 0 Å². The molecule has 0 aliphatic rings. The Kier molecular flexibility index (Phi) is 7.69. The number of amides is 1. The molecule has 0 aromatic carbocycles. The zero-order chi connectivity index (χ0) is 15.9. The Morgan fingerprint density at radius 1 is 1.20 bits per heavy atom. The van der Waals surface area contributed by atoms with Gasteiger partial charge < -0.3 is 10.4 Å². The summed E-state index contributed by atoms with van der Waals surface area (Å²) >= 11 is 0. The Labute approximate surface area is 119 Å². The van der Waals surface area contributed by atoms with Gasteiger partial charge in [0, 0.05) is 27.2 Å². The van der Waals surface area contributed by atoms with Crippen molar-refractivity contribution in [2.45, 2.75) is 20.3 Å². The molecule has 9 heteroatoms. The molecular formula is C11H23N3O5S. The van der Waals surface area contributed by atoms with Crippen LogP contribution in [0.3, 0.4) is 0 Å². The third-order valence-corrected chi connectivity index (χ3v) is 4.39. The second-order valence-electron chi connectivity index (χ2n) is 4.93. The number of carbonyl (C=O) groups excluding carboxylic acids is 1. The van der Waals surface area contributed by atoms with Gasteiger partial charge >= 0.3 is 5.97 Å². The first kappa shape index (κ1) is 18.8. The predicted molar refractivity (Wildman–Crippen MR) is 74.3 cm³/mol. The molecule has 0 heterocycles. The van der Waals surface area contributed by atoms with E-state index in [1.165, 1.54) is 14.1 Å². The lowest BCUT2D eigenvalue weighted by atomic mass is 10.2. The van der Waals surface area contributed by atoms with Crippen molar-refractivity contribution in [1.29, 1.82) is 0 Å². The monoisotopic (exact) mass is 309 g/mol. The maximum Gasteiger partial charge on any atom is 0.304 e. The predicted octanol–water partition coefficient (Wildman–Crippen LogP) is -0.658. The minimum Gasteiger partial charge on any atom is -0.481 e. The van der Waals surface area contributed by atoms with Crippen LogP contribution in [0.1, 0.15) is 20.3 Å². The minimum absolute atomic E-state index is 0.143. The van der Waals surface area contributed by atoms with E-state index in [1.54, 1.807) is 0 Å². The molecule has 0 aliphatic carbocycles. The fourth-order valence-corrected chi connectivity index (χ4v) is 2.34. The van der Waals surface area contributed by atoms with Crippen molar-refractivity contribution in [2.75, 3.05) is 33.7 Å². The Balaban J connectivity index is 4.46. The summed E-state index contributed by atoms with van der Waals surface area (Å²) in [6.45, 7) is 3.89. The number of hydrogen-bond donors (Lipinski definition) is 2. The van der Waals surface area contributed by atoms with E-state index in [0.717, 1.165) is 8.61 Å². The highest BCUT2D eigenvalue weighted by Gasteiger charge is 2.25. The molecule has 0 fully saturated rings. The first-order chi connectivity index (χ1) is 9.07. The second-order valence-corrected chi connectivity index (χ2v) is 7.07. The average Bonchev–Trinajstić information content (AvgIpc) is 2.32. The summed E-state index contributed by atoms with van der Waals surface area (Å²) in [4.78, 5) is 22.0. The van der Waals surface area contributed by atoms with E-state index < -0.39 is 22.1 Å². The number of nitrogens with one attached hydrogen (secondary N) is 1. The molecule has 0 aromatic rings. The molecule has 0 rings (SSSR count). The number of nitrogens with zero attached hydrogens (tertiary/aromatic N) is 2. The lowest BCUT2D eigenvalue weighted by molar-refractivity contribution is -0.137. The van der Waals surface area contributed by atoms with Crippen molar-refractivity contribution in [3.63, 3.8) is 0 Å². The van der Waals surface area contributed by atoms with E-state index in [-0.39, 0.29) is 25.4 Å². The van der Waals surface area contributed by atoms with Crippen LogP contribution < -0.4 is 5.32 Å². The van der Waals surface area contributed by atoms with Gasteiger partial charge in [0.15, 0.2) is 0 Å². The van der Waals surface area contributed by atoms with Gasteiger partial charge in [-0.1, -0.05) is 13.8 Å². The minimum atomic E-state index is -3.83. The molecule has 2 N–H and O–H groups in total. The van der Waals surface area contributed by atoms with E-state index in [2.05, 4.69) is 5.32 Å². The third kappa shape index (κ3) is 6.83. The quantitative estimate of drug-likeness (QED) is 0.588. The van der Waals surface area contributed by atoms with Crippen molar-refractivity contribution in [1.82, 2.24) is 13.9 Å². The maximum absolute atomic E-state index is 12.0. The van der Waals surface area contributed by atoms with Gasteiger partial charge in [0.05, 0.1) is 13.0 Å². The lowest BCUT2D eigenvalue weighted by Gasteiger charge is -2.23. The highest BCUT2D eigenvalue weighted by atomic mass is 32.2. The summed E-state index contributed by atoms with van der Waals surface area (Å²) in [5.41, 5.74) is 0. The zero-order valence-corrected chi connectivity index (χ0v) is 13.1. The molecule has 0 saturated carbocycles. The van der Waals surface area contributed by atoms with Crippen LogP contribution in [-0.4, -0.2) is 67.7 Å². The second kappa shape index (κ2) is 8.18. The largest absolute Gasteiger partial charge is 0.481 e. The van der Waals surface area contributed by atoms with Gasteiger partial charge in [0.2, 0.25) is 5.91 Å². The van der Waals surface area contributed by atoms with Crippen LogP contribution in [0.15, 0.2) is 0 Å². The number of carboxylic acids is 1. The Bertz CT molecular complexity index is 435. The molecule has 0 unspecified atom stereocenters.